The third-order valence-electron chi connectivity index (χ3n) is 3.50. The first-order valence-electron chi connectivity index (χ1n) is 7.08. The first-order chi connectivity index (χ1) is 10.0. The van der Waals surface area contributed by atoms with Crippen LogP contribution < -0.4 is 10.1 Å². The molecule has 2 aromatic rings. The van der Waals surface area contributed by atoms with E-state index < -0.39 is 0 Å². The molecule has 0 saturated heterocycles. The lowest BCUT2D eigenvalue weighted by atomic mass is 10.0. The highest BCUT2D eigenvalue weighted by Gasteiger charge is 2.12. The number of para-hydroxylation sites is 1. The Kier molecular flexibility index (Phi) is 4.63. The normalized spacial score (nSPS) is 10.5. The van der Waals surface area contributed by atoms with Gasteiger partial charge in [0.2, 0.25) is 0 Å². The monoisotopic (exact) mass is 283 g/mol. The average Bonchev–Trinajstić information content (AvgIpc) is 2.48. The van der Waals surface area contributed by atoms with Gasteiger partial charge in [-0.3, -0.25) is 4.79 Å². The number of aryl methyl sites for hydroxylation is 1. The van der Waals surface area contributed by atoms with E-state index in [0.717, 1.165) is 22.6 Å². The van der Waals surface area contributed by atoms with E-state index in [0.29, 0.717) is 11.5 Å². The lowest BCUT2D eigenvalue weighted by molar-refractivity contribution is 0.102. The van der Waals surface area contributed by atoms with E-state index in [9.17, 15) is 4.79 Å². The minimum atomic E-state index is -0.124. The van der Waals surface area contributed by atoms with Crippen LogP contribution in [0.3, 0.4) is 0 Å². The van der Waals surface area contributed by atoms with Gasteiger partial charge < -0.3 is 10.1 Å². The number of carbonyl (C=O) groups is 1. The summed E-state index contributed by atoms with van der Waals surface area (Å²) >= 11 is 0. The van der Waals surface area contributed by atoms with Crippen molar-refractivity contribution in [3.63, 3.8) is 0 Å². The van der Waals surface area contributed by atoms with Crippen LogP contribution in [-0.2, 0) is 0 Å². The molecule has 0 bridgehead atoms. The van der Waals surface area contributed by atoms with E-state index in [-0.39, 0.29) is 5.91 Å². The van der Waals surface area contributed by atoms with Gasteiger partial charge >= 0.3 is 0 Å². The first kappa shape index (κ1) is 15.1. The second-order valence-electron chi connectivity index (χ2n) is 5.38. The third-order valence-corrected chi connectivity index (χ3v) is 3.50. The number of amides is 1. The highest BCUT2D eigenvalue weighted by atomic mass is 16.5. The molecule has 3 heteroatoms. The molecule has 1 amide bonds. The molecule has 1 N–H and O–H groups in total. The van der Waals surface area contributed by atoms with Crippen LogP contribution in [-0.4, -0.2) is 13.0 Å². The molecule has 0 heterocycles. The largest absolute Gasteiger partial charge is 0.496 e. The SMILES string of the molecule is COc1cc(C(=O)Nc2ccccc2C(C)C)ccc1C. The molecule has 0 aliphatic carbocycles. The van der Waals surface area contributed by atoms with Gasteiger partial charge in [0.1, 0.15) is 5.75 Å². The molecule has 2 rings (SSSR count). The number of hydrogen-bond acceptors (Lipinski definition) is 2. The van der Waals surface area contributed by atoms with Gasteiger partial charge in [-0.2, -0.15) is 0 Å². The number of hydrogen-bond donors (Lipinski definition) is 1. The van der Waals surface area contributed by atoms with Gasteiger partial charge in [0.15, 0.2) is 0 Å². The van der Waals surface area contributed by atoms with Crippen molar-refractivity contribution in [3.8, 4) is 5.75 Å². The lowest BCUT2D eigenvalue weighted by Gasteiger charge is -2.14. The standard InChI is InChI=1S/C18H21NO2/c1-12(2)15-7-5-6-8-16(15)19-18(20)14-10-9-13(3)17(11-14)21-4/h5-12H,1-4H3,(H,19,20). The Balaban J connectivity index is 2.26. The van der Waals surface area contributed by atoms with Crippen molar-refractivity contribution in [2.45, 2.75) is 26.7 Å². The topological polar surface area (TPSA) is 38.3 Å². The van der Waals surface area contributed by atoms with Crippen LogP contribution in [0.25, 0.3) is 0 Å². The van der Waals surface area contributed by atoms with Gasteiger partial charge in [-0.15, -0.1) is 0 Å². The van der Waals surface area contributed by atoms with Crippen molar-refractivity contribution in [1.82, 2.24) is 0 Å². The van der Waals surface area contributed by atoms with Gasteiger partial charge in [-0.05, 0) is 42.2 Å². The maximum Gasteiger partial charge on any atom is 0.255 e. The molecule has 110 valence electrons. The number of anilines is 1. The van der Waals surface area contributed by atoms with E-state index in [1.807, 2.05) is 43.3 Å². The van der Waals surface area contributed by atoms with E-state index in [2.05, 4.69) is 19.2 Å². The zero-order chi connectivity index (χ0) is 15.4. The van der Waals surface area contributed by atoms with Crippen molar-refractivity contribution < 1.29 is 9.53 Å². The number of methoxy groups -OCH3 is 1. The van der Waals surface area contributed by atoms with Crippen molar-refractivity contribution in [2.24, 2.45) is 0 Å². The summed E-state index contributed by atoms with van der Waals surface area (Å²) in [6.07, 6.45) is 0. The quantitative estimate of drug-likeness (QED) is 0.904. The Hall–Kier alpha value is -2.29. The molecule has 3 nitrogen and oxygen atoms in total. The second-order valence-corrected chi connectivity index (χ2v) is 5.38. The predicted molar refractivity (Wildman–Crippen MR) is 86.2 cm³/mol. The number of nitrogens with one attached hydrogen (secondary N) is 1. The maximum atomic E-state index is 12.4. The molecular weight excluding hydrogens is 262 g/mol. The van der Waals surface area contributed by atoms with E-state index in [1.165, 1.54) is 0 Å². The lowest BCUT2D eigenvalue weighted by Crippen LogP contribution is -2.13. The fraction of sp³-hybridized carbons (Fsp3) is 0.278. The van der Waals surface area contributed by atoms with Gasteiger partial charge in [0.05, 0.1) is 7.11 Å². The fourth-order valence-electron chi connectivity index (χ4n) is 2.27. The molecular formula is C18H21NO2. The summed E-state index contributed by atoms with van der Waals surface area (Å²) in [5, 5.41) is 2.98. The minimum Gasteiger partial charge on any atom is -0.496 e. The fourth-order valence-corrected chi connectivity index (χ4v) is 2.27. The molecule has 21 heavy (non-hydrogen) atoms. The molecule has 0 fully saturated rings. The number of carbonyl (C=O) groups excluding carboxylic acids is 1. The Morgan fingerprint density at radius 1 is 1.14 bits per heavy atom. The van der Waals surface area contributed by atoms with Gasteiger partial charge in [-0.1, -0.05) is 38.1 Å². The molecule has 0 aliphatic heterocycles. The molecule has 0 atom stereocenters. The zero-order valence-corrected chi connectivity index (χ0v) is 12.9. The van der Waals surface area contributed by atoms with E-state index >= 15 is 0 Å². The van der Waals surface area contributed by atoms with Gasteiger partial charge in [0, 0.05) is 11.3 Å². The van der Waals surface area contributed by atoms with Crippen LogP contribution in [0.4, 0.5) is 5.69 Å². The third kappa shape index (κ3) is 3.43. The number of rotatable bonds is 4. The van der Waals surface area contributed by atoms with Crippen LogP contribution in [0.1, 0.15) is 41.3 Å². The molecule has 0 saturated carbocycles. The summed E-state index contributed by atoms with van der Waals surface area (Å²) in [7, 11) is 1.61. The summed E-state index contributed by atoms with van der Waals surface area (Å²) in [6.45, 7) is 6.17. The van der Waals surface area contributed by atoms with Crippen molar-refractivity contribution in [1.29, 1.82) is 0 Å². The second kappa shape index (κ2) is 6.44. The smallest absolute Gasteiger partial charge is 0.255 e. The highest BCUT2D eigenvalue weighted by molar-refractivity contribution is 6.05. The Labute approximate surface area is 126 Å². The average molecular weight is 283 g/mol. The minimum absolute atomic E-state index is 0.124. The summed E-state index contributed by atoms with van der Waals surface area (Å²) in [4.78, 5) is 12.4. The highest BCUT2D eigenvalue weighted by Crippen LogP contribution is 2.25. The van der Waals surface area contributed by atoms with E-state index in [4.69, 9.17) is 4.74 Å². The van der Waals surface area contributed by atoms with Crippen LogP contribution in [0.5, 0.6) is 5.75 Å². The summed E-state index contributed by atoms with van der Waals surface area (Å²) in [5.41, 5.74) is 3.59. The van der Waals surface area contributed by atoms with Crippen molar-refractivity contribution in [2.75, 3.05) is 12.4 Å². The number of ether oxygens (including phenoxy) is 1. The summed E-state index contributed by atoms with van der Waals surface area (Å²) in [6, 6.07) is 13.3. The summed E-state index contributed by atoms with van der Waals surface area (Å²) < 4.78 is 5.27. The van der Waals surface area contributed by atoms with E-state index in [1.54, 1.807) is 13.2 Å². The predicted octanol–water partition coefficient (Wildman–Crippen LogP) is 4.38. The maximum absolute atomic E-state index is 12.4. The first-order valence-corrected chi connectivity index (χ1v) is 7.08. The van der Waals surface area contributed by atoms with Crippen LogP contribution in [0, 0.1) is 6.92 Å². The Morgan fingerprint density at radius 2 is 1.86 bits per heavy atom. The molecule has 2 aromatic carbocycles. The van der Waals surface area contributed by atoms with Crippen molar-refractivity contribution in [3.05, 3.63) is 59.2 Å². The van der Waals surface area contributed by atoms with Crippen molar-refractivity contribution >= 4 is 11.6 Å². The molecule has 0 unspecified atom stereocenters. The van der Waals surface area contributed by atoms with Crippen LogP contribution in [0.2, 0.25) is 0 Å². The van der Waals surface area contributed by atoms with Gasteiger partial charge in [0.25, 0.3) is 5.91 Å². The summed E-state index contributed by atoms with van der Waals surface area (Å²) in [5.74, 6) is 0.954. The number of benzene rings is 2. The van der Waals surface area contributed by atoms with Crippen LogP contribution in [0.15, 0.2) is 42.5 Å². The zero-order valence-electron chi connectivity index (χ0n) is 12.9. The molecule has 0 spiro atoms. The molecule has 0 aromatic heterocycles. The Bertz CT molecular complexity index is 647. The Morgan fingerprint density at radius 3 is 2.52 bits per heavy atom. The molecule has 0 aliphatic rings. The van der Waals surface area contributed by atoms with Crippen LogP contribution >= 0.6 is 0 Å². The van der Waals surface area contributed by atoms with Gasteiger partial charge in [-0.25, -0.2) is 0 Å². The molecule has 0 radical (unpaired) electrons.